The number of carbonyl (C=O) groups excluding carboxylic acids is 1. The molecular weight excluding hydrogens is 133 g/mol. The van der Waals surface area contributed by atoms with E-state index in [2.05, 4.69) is 11.1 Å². The maximum atomic E-state index is 12.5. The lowest BCUT2D eigenvalue weighted by Gasteiger charge is -1.88. The van der Waals surface area contributed by atoms with Gasteiger partial charge in [0.15, 0.2) is 0 Å². The van der Waals surface area contributed by atoms with E-state index in [1.165, 1.54) is 24.3 Å². The summed E-state index contributed by atoms with van der Waals surface area (Å²) in [5.41, 5.74) is -0.0301. The Kier molecular flexibility index (Phi) is 1.92. The van der Waals surface area contributed by atoms with E-state index in [0.717, 1.165) is 0 Å². The molecule has 0 unspecified atom stereocenters. The molecule has 0 atom stereocenters. The number of aliphatic imine (C=N–C) groups is 1. The molecule has 0 heterocycles. The van der Waals surface area contributed by atoms with Gasteiger partial charge in [0.2, 0.25) is 6.08 Å². The largest absolute Gasteiger partial charge is 0.240 e. The fourth-order valence-corrected chi connectivity index (χ4v) is 0.538. The molecule has 1 aromatic rings. The minimum absolute atomic E-state index is 0.0301. The zero-order chi connectivity index (χ0) is 7.40. The Morgan fingerprint density at radius 1 is 1.70 bits per heavy atom. The van der Waals surface area contributed by atoms with Crippen LogP contribution in [0.1, 0.15) is 0 Å². The van der Waals surface area contributed by atoms with Gasteiger partial charge in [0.25, 0.3) is 0 Å². The van der Waals surface area contributed by atoms with Gasteiger partial charge in [-0.3, -0.25) is 0 Å². The van der Waals surface area contributed by atoms with Crippen LogP contribution in [0.3, 0.4) is 0 Å². The second-order valence-electron chi connectivity index (χ2n) is 1.58. The average molecular weight is 136 g/mol. The van der Waals surface area contributed by atoms with Gasteiger partial charge in [-0.25, -0.2) is 9.18 Å². The highest BCUT2D eigenvalue weighted by Gasteiger charge is 1.95. The van der Waals surface area contributed by atoms with Gasteiger partial charge in [-0.1, -0.05) is 6.07 Å². The molecule has 0 aliphatic rings. The highest BCUT2D eigenvalue weighted by Crippen LogP contribution is 2.14. The number of benzene rings is 1. The summed E-state index contributed by atoms with van der Waals surface area (Å²) in [5.74, 6) is -0.540. The quantitative estimate of drug-likeness (QED) is 0.425. The van der Waals surface area contributed by atoms with E-state index >= 15 is 0 Å². The molecule has 0 amide bonds. The van der Waals surface area contributed by atoms with Crippen molar-refractivity contribution in [3.05, 3.63) is 30.1 Å². The first-order chi connectivity index (χ1) is 4.84. The minimum Gasteiger partial charge on any atom is -0.211 e. The van der Waals surface area contributed by atoms with E-state index in [1.54, 1.807) is 0 Å². The van der Waals surface area contributed by atoms with Crippen LogP contribution in [-0.2, 0) is 4.79 Å². The average Bonchev–Trinajstić information content (AvgIpc) is 1.94. The summed E-state index contributed by atoms with van der Waals surface area (Å²) in [7, 11) is 0. The lowest BCUT2D eigenvalue weighted by atomic mass is 10.3. The molecule has 0 N–H and O–H groups in total. The van der Waals surface area contributed by atoms with Gasteiger partial charge in [-0.2, -0.15) is 4.99 Å². The first-order valence-electron chi connectivity index (χ1n) is 2.58. The van der Waals surface area contributed by atoms with Crippen LogP contribution in [0.2, 0.25) is 0 Å². The van der Waals surface area contributed by atoms with Crippen molar-refractivity contribution in [1.82, 2.24) is 0 Å². The SMILES string of the molecule is O=C=Nc1c[c]ccc1F. The summed E-state index contributed by atoms with van der Waals surface area (Å²) in [4.78, 5) is 12.7. The molecule has 0 fully saturated rings. The molecule has 0 aromatic heterocycles. The fourth-order valence-electron chi connectivity index (χ4n) is 0.538. The van der Waals surface area contributed by atoms with Gasteiger partial charge in [0.1, 0.15) is 11.5 Å². The molecule has 1 radical (unpaired) electrons. The van der Waals surface area contributed by atoms with Crippen LogP contribution in [0.4, 0.5) is 10.1 Å². The van der Waals surface area contributed by atoms with Crippen molar-refractivity contribution in [2.75, 3.05) is 0 Å². The maximum Gasteiger partial charge on any atom is 0.240 e. The smallest absolute Gasteiger partial charge is 0.211 e. The normalized spacial score (nSPS) is 8.50. The van der Waals surface area contributed by atoms with Gasteiger partial charge in [0.05, 0.1) is 0 Å². The summed E-state index contributed by atoms with van der Waals surface area (Å²) >= 11 is 0. The Morgan fingerprint density at radius 2 is 2.50 bits per heavy atom. The fraction of sp³-hybridized carbons (Fsp3) is 0. The van der Waals surface area contributed by atoms with E-state index in [1.807, 2.05) is 0 Å². The van der Waals surface area contributed by atoms with E-state index in [0.29, 0.717) is 0 Å². The molecule has 0 saturated heterocycles. The van der Waals surface area contributed by atoms with Crippen molar-refractivity contribution in [3.8, 4) is 0 Å². The molecule has 3 heteroatoms. The second kappa shape index (κ2) is 2.90. The molecule has 0 bridgehead atoms. The van der Waals surface area contributed by atoms with Crippen molar-refractivity contribution < 1.29 is 9.18 Å². The maximum absolute atomic E-state index is 12.5. The topological polar surface area (TPSA) is 29.4 Å². The zero-order valence-corrected chi connectivity index (χ0v) is 4.97. The molecule has 1 aromatic carbocycles. The number of rotatable bonds is 1. The highest BCUT2D eigenvalue weighted by molar-refractivity contribution is 5.48. The highest BCUT2D eigenvalue weighted by atomic mass is 19.1. The van der Waals surface area contributed by atoms with Crippen molar-refractivity contribution >= 4 is 11.8 Å². The minimum atomic E-state index is -0.540. The van der Waals surface area contributed by atoms with E-state index in [-0.39, 0.29) is 5.69 Å². The number of hydrogen-bond donors (Lipinski definition) is 0. The zero-order valence-electron chi connectivity index (χ0n) is 4.97. The molecule has 1 rings (SSSR count). The number of nitrogens with zero attached hydrogens (tertiary/aromatic N) is 1. The van der Waals surface area contributed by atoms with Crippen molar-refractivity contribution in [2.24, 2.45) is 4.99 Å². The monoisotopic (exact) mass is 136 g/mol. The molecule has 10 heavy (non-hydrogen) atoms. The number of hydrogen-bond acceptors (Lipinski definition) is 2. The van der Waals surface area contributed by atoms with Crippen LogP contribution in [0.15, 0.2) is 23.2 Å². The van der Waals surface area contributed by atoms with Gasteiger partial charge in [-0.15, -0.1) is 0 Å². The molecule has 0 aliphatic heterocycles. The van der Waals surface area contributed by atoms with Gasteiger partial charge < -0.3 is 0 Å². The van der Waals surface area contributed by atoms with E-state index < -0.39 is 5.82 Å². The summed E-state index contributed by atoms with van der Waals surface area (Å²) in [6.07, 6.45) is 1.24. The third-order valence-corrected chi connectivity index (χ3v) is 0.957. The molecular formula is C7H3FNO. The van der Waals surface area contributed by atoms with Crippen LogP contribution in [-0.4, -0.2) is 6.08 Å². The second-order valence-corrected chi connectivity index (χ2v) is 1.58. The predicted octanol–water partition coefficient (Wildman–Crippen LogP) is 1.59. The van der Waals surface area contributed by atoms with Gasteiger partial charge >= 0.3 is 0 Å². The summed E-state index contributed by atoms with van der Waals surface area (Å²) in [6.45, 7) is 0. The van der Waals surface area contributed by atoms with Gasteiger partial charge in [-0.05, 0) is 18.2 Å². The molecule has 0 spiro atoms. The van der Waals surface area contributed by atoms with Crippen molar-refractivity contribution in [1.29, 1.82) is 0 Å². The Bertz CT molecular complexity index is 279. The van der Waals surface area contributed by atoms with Crippen molar-refractivity contribution in [2.45, 2.75) is 0 Å². The lowest BCUT2D eigenvalue weighted by Crippen LogP contribution is -1.72. The Labute approximate surface area is 57.0 Å². The van der Waals surface area contributed by atoms with Crippen LogP contribution < -0.4 is 0 Å². The summed E-state index contributed by atoms with van der Waals surface area (Å²) in [5, 5.41) is 0. The van der Waals surface area contributed by atoms with Crippen LogP contribution in [0.25, 0.3) is 0 Å². The molecule has 0 aliphatic carbocycles. The van der Waals surface area contributed by atoms with Crippen LogP contribution in [0, 0.1) is 11.9 Å². The van der Waals surface area contributed by atoms with E-state index in [9.17, 15) is 9.18 Å². The lowest BCUT2D eigenvalue weighted by molar-refractivity contribution is 0.564. The van der Waals surface area contributed by atoms with Crippen LogP contribution in [0.5, 0.6) is 0 Å². The molecule has 0 saturated carbocycles. The first kappa shape index (κ1) is 6.65. The van der Waals surface area contributed by atoms with Crippen LogP contribution >= 0.6 is 0 Å². The third kappa shape index (κ3) is 1.27. The first-order valence-corrected chi connectivity index (χ1v) is 2.58. The Morgan fingerprint density at radius 3 is 3.10 bits per heavy atom. The Hall–Kier alpha value is -1.47. The third-order valence-electron chi connectivity index (χ3n) is 0.957. The number of halogens is 1. The Balaban J connectivity index is 3.14. The number of isocyanates is 1. The van der Waals surface area contributed by atoms with Crippen molar-refractivity contribution in [3.63, 3.8) is 0 Å². The predicted molar refractivity (Wildman–Crippen MR) is 33.0 cm³/mol. The summed E-state index contributed by atoms with van der Waals surface area (Å²) in [6, 6.07) is 6.43. The molecule has 49 valence electrons. The van der Waals surface area contributed by atoms with E-state index in [4.69, 9.17) is 0 Å². The molecule has 2 nitrogen and oxygen atoms in total. The summed E-state index contributed by atoms with van der Waals surface area (Å²) < 4.78 is 12.5. The van der Waals surface area contributed by atoms with Gasteiger partial charge in [0, 0.05) is 0 Å². The standard InChI is InChI=1S/C7H3FNO/c8-6-3-1-2-4-7(6)9-5-10/h1,3-4H.